The quantitative estimate of drug-likeness (QED) is 0.577. The van der Waals surface area contributed by atoms with Crippen LogP contribution in [0.25, 0.3) is 5.69 Å². The summed E-state index contributed by atoms with van der Waals surface area (Å²) in [4.78, 5) is 17.0. The van der Waals surface area contributed by atoms with Crippen LogP contribution in [0.5, 0.6) is 11.5 Å². The van der Waals surface area contributed by atoms with Crippen LogP contribution in [-0.2, 0) is 6.42 Å². The van der Waals surface area contributed by atoms with Gasteiger partial charge in [0.1, 0.15) is 11.5 Å². The van der Waals surface area contributed by atoms with Gasteiger partial charge in [-0.25, -0.2) is 4.98 Å². The molecule has 0 unspecified atom stereocenters. The molecule has 164 valence electrons. The Morgan fingerprint density at radius 1 is 1.10 bits per heavy atom. The van der Waals surface area contributed by atoms with Gasteiger partial charge in [0.15, 0.2) is 0 Å². The maximum absolute atomic E-state index is 12.7. The van der Waals surface area contributed by atoms with Crippen LogP contribution >= 0.6 is 0 Å². The van der Waals surface area contributed by atoms with Crippen LogP contribution < -0.4 is 14.8 Å². The van der Waals surface area contributed by atoms with E-state index in [0.717, 1.165) is 29.1 Å². The van der Waals surface area contributed by atoms with E-state index in [9.17, 15) is 4.79 Å². The molecule has 2 aromatic carbocycles. The number of hydrogen-bond acceptors (Lipinski definition) is 4. The van der Waals surface area contributed by atoms with Crippen molar-refractivity contribution in [1.82, 2.24) is 14.9 Å². The highest BCUT2D eigenvalue weighted by atomic mass is 16.5. The summed E-state index contributed by atoms with van der Waals surface area (Å²) in [7, 11) is 3.30. The largest absolute Gasteiger partial charge is 0.496 e. The lowest BCUT2D eigenvalue weighted by Crippen LogP contribution is -2.26. The second kappa shape index (κ2) is 9.69. The fraction of sp³-hybridized carbons (Fsp3) is 0.360. The van der Waals surface area contributed by atoms with E-state index in [4.69, 9.17) is 9.47 Å². The standard InChI is InChI=1S/C25H31N3O3/c1-16(2)21-12-19(17(3)11-23(21)30-5)9-10-26-25(29)20-7-8-22(24(13-20)31-6)28-14-18(4)27-15-28/h7-8,11-16H,9-10H2,1-6H3,(H,26,29). The molecule has 0 spiro atoms. The number of rotatable bonds is 8. The summed E-state index contributed by atoms with van der Waals surface area (Å²) in [5.74, 6) is 1.79. The summed E-state index contributed by atoms with van der Waals surface area (Å²) in [6.45, 7) is 8.86. The number of methoxy groups -OCH3 is 2. The Hall–Kier alpha value is -3.28. The minimum absolute atomic E-state index is 0.123. The summed E-state index contributed by atoms with van der Waals surface area (Å²) in [6.07, 6.45) is 4.40. The van der Waals surface area contributed by atoms with Gasteiger partial charge >= 0.3 is 0 Å². The molecule has 1 heterocycles. The first kappa shape index (κ1) is 22.4. The van der Waals surface area contributed by atoms with Crippen LogP contribution in [0.1, 0.15) is 52.5 Å². The molecule has 1 amide bonds. The monoisotopic (exact) mass is 421 g/mol. The summed E-state index contributed by atoms with van der Waals surface area (Å²) >= 11 is 0. The topological polar surface area (TPSA) is 65.4 Å². The molecule has 0 bridgehead atoms. The van der Waals surface area contributed by atoms with E-state index in [-0.39, 0.29) is 5.91 Å². The van der Waals surface area contributed by atoms with Crippen molar-refractivity contribution in [3.8, 4) is 17.2 Å². The molecule has 3 aromatic rings. The molecule has 1 aromatic heterocycles. The van der Waals surface area contributed by atoms with Crippen molar-refractivity contribution in [2.24, 2.45) is 0 Å². The molecule has 6 nitrogen and oxygen atoms in total. The van der Waals surface area contributed by atoms with Gasteiger partial charge in [0.2, 0.25) is 0 Å². The van der Waals surface area contributed by atoms with Crippen molar-refractivity contribution < 1.29 is 14.3 Å². The molecule has 6 heteroatoms. The number of carbonyl (C=O) groups excluding carboxylic acids is 1. The summed E-state index contributed by atoms with van der Waals surface area (Å²) in [5, 5.41) is 3.02. The molecule has 0 saturated heterocycles. The number of nitrogens with zero attached hydrogens (tertiary/aromatic N) is 2. The van der Waals surface area contributed by atoms with E-state index in [1.54, 1.807) is 32.7 Å². The second-order valence-electron chi connectivity index (χ2n) is 7.99. The fourth-order valence-corrected chi connectivity index (χ4v) is 3.64. The predicted molar refractivity (Wildman–Crippen MR) is 123 cm³/mol. The van der Waals surface area contributed by atoms with Crippen LogP contribution in [0.4, 0.5) is 0 Å². The maximum Gasteiger partial charge on any atom is 0.251 e. The molecule has 0 radical (unpaired) electrons. The molecule has 3 rings (SSSR count). The first-order valence-corrected chi connectivity index (χ1v) is 10.5. The van der Waals surface area contributed by atoms with E-state index < -0.39 is 0 Å². The normalized spacial score (nSPS) is 10.9. The molecular formula is C25H31N3O3. The number of imidazole rings is 1. The van der Waals surface area contributed by atoms with Gasteiger partial charge in [-0.3, -0.25) is 4.79 Å². The number of hydrogen-bond donors (Lipinski definition) is 1. The van der Waals surface area contributed by atoms with Gasteiger partial charge in [-0.1, -0.05) is 19.9 Å². The van der Waals surface area contributed by atoms with E-state index in [1.165, 1.54) is 11.1 Å². The molecule has 0 atom stereocenters. The zero-order valence-electron chi connectivity index (χ0n) is 19.2. The molecule has 0 saturated carbocycles. The summed E-state index contributed by atoms with van der Waals surface area (Å²) < 4.78 is 12.9. The number of amides is 1. The Kier molecular flexibility index (Phi) is 7.00. The van der Waals surface area contributed by atoms with Crippen molar-refractivity contribution >= 4 is 5.91 Å². The van der Waals surface area contributed by atoms with E-state index >= 15 is 0 Å². The van der Waals surface area contributed by atoms with Crippen LogP contribution in [0.15, 0.2) is 42.9 Å². The average molecular weight is 422 g/mol. The Bertz CT molecular complexity index is 1070. The van der Waals surface area contributed by atoms with Gasteiger partial charge in [0, 0.05) is 18.3 Å². The number of carbonyl (C=O) groups is 1. The zero-order valence-corrected chi connectivity index (χ0v) is 19.2. The van der Waals surface area contributed by atoms with E-state index in [0.29, 0.717) is 23.8 Å². The Morgan fingerprint density at radius 3 is 2.45 bits per heavy atom. The van der Waals surface area contributed by atoms with Gasteiger partial charge in [-0.05, 0) is 67.1 Å². The third-order valence-corrected chi connectivity index (χ3v) is 5.42. The van der Waals surface area contributed by atoms with E-state index in [1.807, 2.05) is 23.8 Å². The van der Waals surface area contributed by atoms with Crippen LogP contribution in [-0.4, -0.2) is 36.2 Å². The maximum atomic E-state index is 12.7. The van der Waals surface area contributed by atoms with Crippen molar-refractivity contribution in [3.63, 3.8) is 0 Å². The molecular weight excluding hydrogens is 390 g/mol. The van der Waals surface area contributed by atoms with Crippen molar-refractivity contribution in [3.05, 3.63) is 70.8 Å². The lowest BCUT2D eigenvalue weighted by atomic mass is 9.95. The van der Waals surface area contributed by atoms with Crippen molar-refractivity contribution in [1.29, 1.82) is 0 Å². The Morgan fingerprint density at radius 2 is 1.84 bits per heavy atom. The van der Waals surface area contributed by atoms with Crippen LogP contribution in [0.2, 0.25) is 0 Å². The number of nitrogens with one attached hydrogen (secondary N) is 1. The third kappa shape index (κ3) is 5.08. The minimum atomic E-state index is -0.123. The molecule has 0 fully saturated rings. The SMILES string of the molecule is COc1cc(C)c(CCNC(=O)c2ccc(-n3cnc(C)c3)c(OC)c2)cc1C(C)C. The molecule has 0 aliphatic rings. The second-order valence-corrected chi connectivity index (χ2v) is 7.99. The van der Waals surface area contributed by atoms with Gasteiger partial charge < -0.3 is 19.4 Å². The summed E-state index contributed by atoms with van der Waals surface area (Å²) in [6, 6.07) is 9.70. The van der Waals surface area contributed by atoms with Gasteiger partial charge in [-0.2, -0.15) is 0 Å². The zero-order chi connectivity index (χ0) is 22.5. The van der Waals surface area contributed by atoms with Crippen LogP contribution in [0.3, 0.4) is 0 Å². The average Bonchev–Trinajstić information content (AvgIpc) is 3.19. The van der Waals surface area contributed by atoms with Gasteiger partial charge in [0.05, 0.1) is 31.9 Å². The predicted octanol–water partition coefficient (Wildman–Crippen LogP) is 4.60. The molecule has 1 N–H and O–H groups in total. The van der Waals surface area contributed by atoms with Gasteiger partial charge in [-0.15, -0.1) is 0 Å². The number of benzene rings is 2. The fourth-order valence-electron chi connectivity index (χ4n) is 3.64. The molecule has 0 aliphatic heterocycles. The minimum Gasteiger partial charge on any atom is -0.496 e. The Balaban J connectivity index is 1.69. The highest BCUT2D eigenvalue weighted by Gasteiger charge is 2.14. The lowest BCUT2D eigenvalue weighted by molar-refractivity contribution is 0.0953. The highest BCUT2D eigenvalue weighted by molar-refractivity contribution is 5.95. The summed E-state index contributed by atoms with van der Waals surface area (Å²) in [5.41, 5.74) is 5.88. The smallest absolute Gasteiger partial charge is 0.251 e. The number of aromatic nitrogens is 2. The lowest BCUT2D eigenvalue weighted by Gasteiger charge is -2.16. The third-order valence-electron chi connectivity index (χ3n) is 5.42. The number of ether oxygens (including phenoxy) is 2. The molecule has 0 aliphatic carbocycles. The molecule has 31 heavy (non-hydrogen) atoms. The Labute approximate surface area is 184 Å². The first-order valence-electron chi connectivity index (χ1n) is 10.5. The van der Waals surface area contributed by atoms with E-state index in [2.05, 4.69) is 43.2 Å². The first-order chi connectivity index (χ1) is 14.8. The van der Waals surface area contributed by atoms with Crippen molar-refractivity contribution in [2.45, 2.75) is 40.0 Å². The number of aryl methyl sites for hydroxylation is 2. The van der Waals surface area contributed by atoms with Crippen LogP contribution in [0, 0.1) is 13.8 Å². The van der Waals surface area contributed by atoms with Gasteiger partial charge in [0.25, 0.3) is 5.91 Å². The highest BCUT2D eigenvalue weighted by Crippen LogP contribution is 2.30. The van der Waals surface area contributed by atoms with Crippen molar-refractivity contribution in [2.75, 3.05) is 20.8 Å².